The van der Waals surface area contributed by atoms with Crippen molar-refractivity contribution in [2.45, 2.75) is 58.5 Å². The van der Waals surface area contributed by atoms with Gasteiger partial charge in [-0.3, -0.25) is 4.90 Å². The van der Waals surface area contributed by atoms with Gasteiger partial charge in [-0.25, -0.2) is 0 Å². The molecule has 0 saturated carbocycles. The summed E-state index contributed by atoms with van der Waals surface area (Å²) in [6.07, 6.45) is 0.0655. The lowest BCUT2D eigenvalue weighted by atomic mass is 10.2. The predicted octanol–water partition coefficient (Wildman–Crippen LogP) is 1.27. The van der Waals surface area contributed by atoms with Gasteiger partial charge in [0, 0.05) is 19.6 Å². The first-order valence-electron chi connectivity index (χ1n) is 6.46. The van der Waals surface area contributed by atoms with Crippen LogP contribution >= 0.6 is 0 Å². The van der Waals surface area contributed by atoms with E-state index in [4.69, 9.17) is 9.47 Å². The molecule has 0 aromatic rings. The lowest BCUT2D eigenvalue weighted by molar-refractivity contribution is -0.0929. The minimum Gasteiger partial charge on any atom is -0.389 e. The number of ether oxygens (including phenoxy) is 2. The summed E-state index contributed by atoms with van der Waals surface area (Å²) in [6.45, 7) is 13.0. The van der Waals surface area contributed by atoms with Gasteiger partial charge >= 0.3 is 0 Å². The van der Waals surface area contributed by atoms with Crippen molar-refractivity contribution in [3.63, 3.8) is 0 Å². The van der Waals surface area contributed by atoms with E-state index < -0.39 is 6.10 Å². The number of β-amino-alcohol motifs (C(OH)–C–C–N with tert-alkyl or cyclic N) is 1. The highest BCUT2D eigenvalue weighted by Crippen LogP contribution is 2.12. The van der Waals surface area contributed by atoms with Crippen LogP contribution in [0, 0.1) is 0 Å². The molecule has 0 spiro atoms. The van der Waals surface area contributed by atoms with Crippen LogP contribution in [-0.4, -0.2) is 60.2 Å². The molecule has 0 amide bonds. The maximum Gasteiger partial charge on any atom is 0.0900 e. The third-order valence-corrected chi connectivity index (χ3v) is 2.67. The second-order valence-corrected chi connectivity index (χ2v) is 6.05. The summed E-state index contributed by atoms with van der Waals surface area (Å²) in [7, 11) is 0. The molecule has 0 aromatic heterocycles. The van der Waals surface area contributed by atoms with Crippen molar-refractivity contribution < 1.29 is 14.6 Å². The zero-order valence-electron chi connectivity index (χ0n) is 11.8. The maximum atomic E-state index is 9.93. The number of aliphatic hydroxyl groups excluding tert-OH is 1. The predicted molar refractivity (Wildman–Crippen MR) is 68.2 cm³/mol. The van der Waals surface area contributed by atoms with Gasteiger partial charge in [0.15, 0.2) is 0 Å². The number of hydrogen-bond acceptors (Lipinski definition) is 4. The molecule has 4 nitrogen and oxygen atoms in total. The van der Waals surface area contributed by atoms with E-state index in [1.807, 2.05) is 20.8 Å². The molecule has 0 aromatic carbocycles. The third kappa shape index (κ3) is 6.36. The minimum absolute atomic E-state index is 0.188. The Labute approximate surface area is 105 Å². The molecule has 102 valence electrons. The van der Waals surface area contributed by atoms with Crippen LogP contribution in [-0.2, 0) is 9.47 Å². The van der Waals surface area contributed by atoms with Crippen molar-refractivity contribution in [2.24, 2.45) is 0 Å². The Morgan fingerprint density at radius 3 is 2.29 bits per heavy atom. The van der Waals surface area contributed by atoms with Gasteiger partial charge in [0.05, 0.1) is 30.5 Å². The van der Waals surface area contributed by atoms with E-state index in [2.05, 4.69) is 18.7 Å². The molecule has 0 unspecified atom stereocenters. The van der Waals surface area contributed by atoms with Crippen LogP contribution in [0.25, 0.3) is 0 Å². The van der Waals surface area contributed by atoms with E-state index in [1.165, 1.54) is 0 Å². The van der Waals surface area contributed by atoms with Gasteiger partial charge < -0.3 is 14.6 Å². The quantitative estimate of drug-likeness (QED) is 0.810. The molecule has 0 radical (unpaired) electrons. The summed E-state index contributed by atoms with van der Waals surface area (Å²) < 4.78 is 11.2. The van der Waals surface area contributed by atoms with E-state index in [0.717, 1.165) is 13.1 Å². The molecule has 17 heavy (non-hydrogen) atoms. The molecule has 1 saturated heterocycles. The van der Waals surface area contributed by atoms with Gasteiger partial charge in [-0.1, -0.05) is 0 Å². The normalized spacial score (nSPS) is 29.3. The Balaban J connectivity index is 2.28. The van der Waals surface area contributed by atoms with Crippen LogP contribution in [0.2, 0.25) is 0 Å². The van der Waals surface area contributed by atoms with Gasteiger partial charge in [-0.15, -0.1) is 0 Å². The fourth-order valence-electron chi connectivity index (χ4n) is 2.13. The Morgan fingerprint density at radius 2 is 1.82 bits per heavy atom. The number of rotatable bonds is 4. The summed E-state index contributed by atoms with van der Waals surface area (Å²) in [5.74, 6) is 0. The fourth-order valence-corrected chi connectivity index (χ4v) is 2.13. The largest absolute Gasteiger partial charge is 0.389 e. The Kier molecular flexibility index (Phi) is 5.38. The van der Waals surface area contributed by atoms with Gasteiger partial charge in [-0.2, -0.15) is 0 Å². The van der Waals surface area contributed by atoms with Gasteiger partial charge in [0.2, 0.25) is 0 Å². The van der Waals surface area contributed by atoms with Crippen LogP contribution in [0.5, 0.6) is 0 Å². The van der Waals surface area contributed by atoms with E-state index in [0.29, 0.717) is 13.2 Å². The van der Waals surface area contributed by atoms with Crippen molar-refractivity contribution in [1.82, 2.24) is 4.90 Å². The Morgan fingerprint density at radius 1 is 1.29 bits per heavy atom. The number of hydrogen-bond donors (Lipinski definition) is 1. The van der Waals surface area contributed by atoms with Gasteiger partial charge in [-0.05, 0) is 34.6 Å². The molecule has 1 fully saturated rings. The van der Waals surface area contributed by atoms with Crippen molar-refractivity contribution >= 4 is 0 Å². The molecule has 1 aliphatic heterocycles. The molecule has 0 bridgehead atoms. The molecule has 1 aliphatic rings. The molecule has 1 heterocycles. The van der Waals surface area contributed by atoms with E-state index in [9.17, 15) is 5.11 Å². The highest BCUT2D eigenvalue weighted by molar-refractivity contribution is 4.75. The zero-order chi connectivity index (χ0) is 13.1. The first kappa shape index (κ1) is 14.9. The van der Waals surface area contributed by atoms with Gasteiger partial charge in [0.25, 0.3) is 0 Å². The first-order valence-corrected chi connectivity index (χ1v) is 6.46. The third-order valence-electron chi connectivity index (χ3n) is 2.67. The lowest BCUT2D eigenvalue weighted by Gasteiger charge is -2.36. The summed E-state index contributed by atoms with van der Waals surface area (Å²) >= 11 is 0. The van der Waals surface area contributed by atoms with Crippen molar-refractivity contribution in [1.29, 1.82) is 0 Å². The molecule has 0 aliphatic carbocycles. The second-order valence-electron chi connectivity index (χ2n) is 6.05. The first-order chi connectivity index (χ1) is 7.76. The van der Waals surface area contributed by atoms with Crippen LogP contribution in [0.4, 0.5) is 0 Å². The van der Waals surface area contributed by atoms with Crippen LogP contribution in [0.15, 0.2) is 0 Å². The molecular formula is C13H27NO3. The zero-order valence-corrected chi connectivity index (χ0v) is 11.8. The highest BCUT2D eigenvalue weighted by atomic mass is 16.5. The van der Waals surface area contributed by atoms with E-state index in [1.54, 1.807) is 0 Å². The highest BCUT2D eigenvalue weighted by Gasteiger charge is 2.24. The number of morpholine rings is 1. The van der Waals surface area contributed by atoms with Crippen LogP contribution < -0.4 is 0 Å². The standard InChI is InChI=1S/C13H27NO3/c1-10-6-14(7-11(2)17-10)8-12(15)9-16-13(3,4)5/h10-12,15H,6-9H2,1-5H3/t10-,11-,12+/m1/s1. The number of nitrogens with zero attached hydrogens (tertiary/aromatic N) is 1. The fraction of sp³-hybridized carbons (Fsp3) is 1.00. The van der Waals surface area contributed by atoms with Crippen LogP contribution in [0.1, 0.15) is 34.6 Å². The topological polar surface area (TPSA) is 41.9 Å². The molecular weight excluding hydrogens is 218 g/mol. The Hall–Kier alpha value is -0.160. The van der Waals surface area contributed by atoms with Gasteiger partial charge in [0.1, 0.15) is 0 Å². The maximum absolute atomic E-state index is 9.93. The summed E-state index contributed by atoms with van der Waals surface area (Å²) in [4.78, 5) is 2.25. The van der Waals surface area contributed by atoms with E-state index in [-0.39, 0.29) is 17.8 Å². The molecule has 3 atom stereocenters. The number of aliphatic hydroxyl groups is 1. The minimum atomic E-state index is -0.424. The molecule has 1 rings (SSSR count). The summed E-state index contributed by atoms with van der Waals surface area (Å²) in [6, 6.07) is 0. The average molecular weight is 245 g/mol. The van der Waals surface area contributed by atoms with Crippen molar-refractivity contribution in [3.05, 3.63) is 0 Å². The lowest BCUT2D eigenvalue weighted by Crippen LogP contribution is -2.48. The second kappa shape index (κ2) is 6.14. The summed E-state index contributed by atoms with van der Waals surface area (Å²) in [5.41, 5.74) is -0.188. The van der Waals surface area contributed by atoms with Crippen molar-refractivity contribution in [3.8, 4) is 0 Å². The summed E-state index contributed by atoms with van der Waals surface area (Å²) in [5, 5.41) is 9.93. The van der Waals surface area contributed by atoms with Crippen molar-refractivity contribution in [2.75, 3.05) is 26.2 Å². The smallest absolute Gasteiger partial charge is 0.0900 e. The van der Waals surface area contributed by atoms with Crippen LogP contribution in [0.3, 0.4) is 0 Å². The SMILES string of the molecule is C[C@@H]1CN(C[C@H](O)COC(C)(C)C)C[C@@H](C)O1. The average Bonchev–Trinajstić information content (AvgIpc) is 2.11. The monoisotopic (exact) mass is 245 g/mol. The van der Waals surface area contributed by atoms with E-state index >= 15 is 0 Å². The molecule has 4 heteroatoms. The Bertz CT molecular complexity index is 217. The molecule has 1 N–H and O–H groups in total.